The zero-order valence-electron chi connectivity index (χ0n) is 16.5. The van der Waals surface area contributed by atoms with Crippen molar-refractivity contribution in [3.05, 3.63) is 90.4 Å². The van der Waals surface area contributed by atoms with Crippen molar-refractivity contribution in [1.82, 2.24) is 9.88 Å². The first-order chi connectivity index (χ1) is 14.6. The van der Waals surface area contributed by atoms with Crippen LogP contribution in [0.15, 0.2) is 79.3 Å². The lowest BCUT2D eigenvalue weighted by atomic mass is 9.93. The van der Waals surface area contributed by atoms with Crippen LogP contribution in [0.4, 0.5) is 5.69 Å². The highest BCUT2D eigenvalue weighted by Crippen LogP contribution is 2.34. The Bertz CT molecular complexity index is 1100. The fourth-order valence-electron chi connectivity index (χ4n) is 3.47. The van der Waals surface area contributed by atoms with Gasteiger partial charge in [0.2, 0.25) is 11.8 Å². The minimum Gasteiger partial charge on any atom is -0.455 e. The van der Waals surface area contributed by atoms with Gasteiger partial charge in [0, 0.05) is 25.4 Å². The van der Waals surface area contributed by atoms with Crippen LogP contribution in [0.2, 0.25) is 0 Å². The fraction of sp³-hybridized carbons (Fsp3) is 0.125. The Morgan fingerprint density at radius 2 is 1.83 bits per heavy atom. The third kappa shape index (κ3) is 4.22. The first-order valence-electron chi connectivity index (χ1n) is 9.64. The zero-order valence-corrected chi connectivity index (χ0v) is 16.5. The Balaban J connectivity index is 1.53. The monoisotopic (exact) mass is 399 g/mol. The van der Waals surface area contributed by atoms with Crippen LogP contribution < -0.4 is 10.1 Å². The number of carbonyl (C=O) groups is 2. The predicted molar refractivity (Wildman–Crippen MR) is 115 cm³/mol. The van der Waals surface area contributed by atoms with E-state index in [0.29, 0.717) is 17.2 Å². The average Bonchev–Trinajstić information content (AvgIpc) is 2.76. The number of hydrogen-bond donors (Lipinski definition) is 1. The number of nitrogens with zero attached hydrogens (tertiary/aromatic N) is 2. The van der Waals surface area contributed by atoms with E-state index in [4.69, 9.17) is 4.74 Å². The predicted octanol–water partition coefficient (Wildman–Crippen LogP) is 4.78. The number of para-hydroxylation sites is 1. The van der Waals surface area contributed by atoms with Crippen LogP contribution in [0.25, 0.3) is 6.08 Å². The summed E-state index contributed by atoms with van der Waals surface area (Å²) >= 11 is 0. The molecule has 2 aromatic carbocycles. The van der Waals surface area contributed by atoms with E-state index in [9.17, 15) is 9.59 Å². The third-order valence-electron chi connectivity index (χ3n) is 4.87. The lowest BCUT2D eigenvalue weighted by Gasteiger charge is -2.32. The number of anilines is 1. The van der Waals surface area contributed by atoms with E-state index in [0.717, 1.165) is 11.1 Å². The number of nitrogens with one attached hydrogen (secondary N) is 1. The molecule has 0 radical (unpaired) electrons. The Hall–Kier alpha value is -3.93. The molecular formula is C24H21N3O3. The highest BCUT2D eigenvalue weighted by Gasteiger charge is 2.28. The minimum atomic E-state index is -0.376. The van der Waals surface area contributed by atoms with Crippen molar-refractivity contribution < 1.29 is 14.3 Å². The Labute approximate surface area is 174 Å². The van der Waals surface area contributed by atoms with Gasteiger partial charge in [0.1, 0.15) is 11.4 Å². The molecule has 1 aromatic heterocycles. The maximum atomic E-state index is 12.9. The number of aromatic nitrogens is 1. The Morgan fingerprint density at radius 3 is 2.63 bits per heavy atom. The molecule has 2 heterocycles. The van der Waals surface area contributed by atoms with Gasteiger partial charge in [-0.1, -0.05) is 42.5 Å². The summed E-state index contributed by atoms with van der Waals surface area (Å²) in [6.07, 6.45) is 6.89. The second kappa shape index (κ2) is 8.61. The maximum absolute atomic E-state index is 12.9. The normalized spacial score (nSPS) is 14.7. The number of ether oxygens (including phenoxy) is 1. The molecule has 1 atom stereocenters. The number of carbonyl (C=O) groups excluding carboxylic acids is 2. The van der Waals surface area contributed by atoms with Crippen molar-refractivity contribution in [3.8, 4) is 11.5 Å². The van der Waals surface area contributed by atoms with E-state index in [2.05, 4.69) is 10.3 Å². The molecule has 4 rings (SSSR count). The van der Waals surface area contributed by atoms with Gasteiger partial charge in [0.25, 0.3) is 0 Å². The van der Waals surface area contributed by atoms with Gasteiger partial charge in [-0.2, -0.15) is 0 Å². The summed E-state index contributed by atoms with van der Waals surface area (Å²) in [4.78, 5) is 30.7. The lowest BCUT2D eigenvalue weighted by molar-refractivity contribution is -0.129. The smallest absolute Gasteiger partial charge is 0.226 e. The minimum absolute atomic E-state index is 0.112. The van der Waals surface area contributed by atoms with Gasteiger partial charge in [-0.3, -0.25) is 14.6 Å². The third-order valence-corrected chi connectivity index (χ3v) is 4.87. The van der Waals surface area contributed by atoms with Gasteiger partial charge in [-0.05, 0) is 29.3 Å². The second-order valence-corrected chi connectivity index (χ2v) is 6.93. The first-order valence-corrected chi connectivity index (χ1v) is 9.64. The van der Waals surface area contributed by atoms with Crippen LogP contribution in [0, 0.1) is 0 Å². The van der Waals surface area contributed by atoms with E-state index in [1.54, 1.807) is 29.6 Å². The quantitative estimate of drug-likeness (QED) is 0.670. The first kappa shape index (κ1) is 19.4. The van der Waals surface area contributed by atoms with Crippen LogP contribution in [0.3, 0.4) is 0 Å². The van der Waals surface area contributed by atoms with Gasteiger partial charge in [0.15, 0.2) is 5.75 Å². The van der Waals surface area contributed by atoms with Crippen LogP contribution in [0.5, 0.6) is 11.5 Å². The molecule has 0 bridgehead atoms. The molecule has 2 amide bonds. The van der Waals surface area contributed by atoms with Gasteiger partial charge >= 0.3 is 0 Å². The molecule has 0 fully saturated rings. The van der Waals surface area contributed by atoms with E-state index < -0.39 is 0 Å². The molecule has 30 heavy (non-hydrogen) atoms. The molecule has 1 N–H and O–H groups in total. The van der Waals surface area contributed by atoms with Gasteiger partial charge < -0.3 is 15.0 Å². The van der Waals surface area contributed by atoms with Crippen molar-refractivity contribution in [2.24, 2.45) is 0 Å². The number of pyridine rings is 1. The van der Waals surface area contributed by atoms with Crippen molar-refractivity contribution in [3.63, 3.8) is 0 Å². The molecule has 6 nitrogen and oxygen atoms in total. The van der Waals surface area contributed by atoms with Gasteiger partial charge in [-0.25, -0.2) is 0 Å². The maximum Gasteiger partial charge on any atom is 0.226 e. The molecule has 1 aliphatic heterocycles. The zero-order chi connectivity index (χ0) is 20.9. The van der Waals surface area contributed by atoms with Crippen LogP contribution in [-0.4, -0.2) is 21.7 Å². The van der Waals surface area contributed by atoms with Crippen molar-refractivity contribution in [2.75, 3.05) is 5.32 Å². The summed E-state index contributed by atoms with van der Waals surface area (Å²) in [6, 6.07) is 18.4. The Morgan fingerprint density at radius 1 is 1.07 bits per heavy atom. The molecule has 150 valence electrons. The number of hydrogen-bond acceptors (Lipinski definition) is 4. The second-order valence-electron chi connectivity index (χ2n) is 6.93. The van der Waals surface area contributed by atoms with Crippen molar-refractivity contribution in [2.45, 2.75) is 19.4 Å². The lowest BCUT2D eigenvalue weighted by Crippen LogP contribution is -2.33. The highest BCUT2D eigenvalue weighted by atomic mass is 16.5. The number of fused-ring (bicyclic) bond motifs is 1. The molecule has 0 saturated carbocycles. The van der Waals surface area contributed by atoms with Crippen LogP contribution >= 0.6 is 0 Å². The summed E-state index contributed by atoms with van der Waals surface area (Å²) in [5.74, 6) is 0.806. The summed E-state index contributed by atoms with van der Waals surface area (Å²) in [5, 5.41) is 2.88. The highest BCUT2D eigenvalue weighted by molar-refractivity contribution is 5.93. The van der Waals surface area contributed by atoms with Gasteiger partial charge in [0.05, 0.1) is 18.7 Å². The molecule has 1 aliphatic rings. The van der Waals surface area contributed by atoms with Crippen molar-refractivity contribution >= 4 is 23.6 Å². The van der Waals surface area contributed by atoms with Crippen LogP contribution in [0.1, 0.15) is 30.5 Å². The van der Waals surface area contributed by atoms with E-state index >= 15 is 0 Å². The van der Waals surface area contributed by atoms with Gasteiger partial charge in [-0.15, -0.1) is 0 Å². The summed E-state index contributed by atoms with van der Waals surface area (Å²) in [5.41, 5.74) is 2.42. The van der Waals surface area contributed by atoms with Crippen LogP contribution in [-0.2, 0) is 9.59 Å². The molecule has 0 spiro atoms. The Kier molecular flexibility index (Phi) is 5.57. The fourth-order valence-corrected chi connectivity index (χ4v) is 3.47. The number of benzene rings is 2. The van der Waals surface area contributed by atoms with E-state index in [1.165, 1.54) is 6.92 Å². The summed E-state index contributed by atoms with van der Waals surface area (Å²) in [7, 11) is 0. The number of rotatable bonds is 5. The van der Waals surface area contributed by atoms with E-state index in [1.807, 2.05) is 60.7 Å². The summed E-state index contributed by atoms with van der Waals surface area (Å²) in [6.45, 7) is 1.50. The average molecular weight is 399 g/mol. The molecule has 3 aromatic rings. The standard InChI is InChI=1S/C24H21N3O3/c1-17(28)27-14-12-18-7-5-6-10-20(18)22(27)15-24(29)26-21-16-25-13-11-23(21)30-19-8-3-2-4-9-19/h2-14,16,22H,15H2,1H3,(H,26,29)/t22-/m0/s1. The largest absolute Gasteiger partial charge is 0.455 e. The topological polar surface area (TPSA) is 71.5 Å². The summed E-state index contributed by atoms with van der Waals surface area (Å²) < 4.78 is 5.89. The molecule has 0 unspecified atom stereocenters. The van der Waals surface area contributed by atoms with Crippen molar-refractivity contribution in [1.29, 1.82) is 0 Å². The molecule has 0 aliphatic carbocycles. The molecular weight excluding hydrogens is 378 g/mol. The molecule has 0 saturated heterocycles. The number of amides is 2. The SMILES string of the molecule is CC(=O)N1C=Cc2ccccc2[C@@H]1CC(=O)Nc1cnccc1Oc1ccccc1. The van der Waals surface area contributed by atoms with E-state index in [-0.39, 0.29) is 24.3 Å². The molecule has 6 heteroatoms.